The quantitative estimate of drug-likeness (QED) is 0.820. The minimum Gasteiger partial charge on any atom is -0.480 e. The third kappa shape index (κ3) is 1.64. The molecule has 2 aromatic rings. The lowest BCUT2D eigenvalue weighted by atomic mass is 9.84. The number of nitriles is 1. The van der Waals surface area contributed by atoms with E-state index in [-0.39, 0.29) is 0 Å². The third-order valence-electron chi connectivity index (χ3n) is 2.83. The molecule has 1 heterocycles. The van der Waals surface area contributed by atoms with Crippen molar-refractivity contribution in [1.82, 2.24) is 9.97 Å². The van der Waals surface area contributed by atoms with Gasteiger partial charge in [-0.1, -0.05) is 6.07 Å². The fourth-order valence-corrected chi connectivity index (χ4v) is 1.68. The molecule has 0 bridgehead atoms. The van der Waals surface area contributed by atoms with E-state index in [0.717, 1.165) is 16.9 Å². The highest BCUT2D eigenvalue weighted by atomic mass is 16.4. The zero-order valence-corrected chi connectivity index (χ0v) is 9.48. The Morgan fingerprint density at radius 3 is 2.88 bits per heavy atom. The second kappa shape index (κ2) is 3.59. The van der Waals surface area contributed by atoms with Gasteiger partial charge in [0.05, 0.1) is 17.1 Å². The summed E-state index contributed by atoms with van der Waals surface area (Å²) >= 11 is 0. The largest absolute Gasteiger partial charge is 0.480 e. The van der Waals surface area contributed by atoms with Gasteiger partial charge in [-0.2, -0.15) is 5.26 Å². The summed E-state index contributed by atoms with van der Waals surface area (Å²) in [7, 11) is 0. The average molecular weight is 229 g/mol. The standard InChI is InChI=1S/C12H11N3O2/c1-7-14-9-4-3-8(5-10(9)15-7)12(2,6-13)11(16)17/h3-5H,1-2H3,(H,14,15)(H,16,17). The van der Waals surface area contributed by atoms with Gasteiger partial charge in [0.15, 0.2) is 5.41 Å². The van der Waals surface area contributed by atoms with Crippen molar-refractivity contribution in [2.45, 2.75) is 19.3 Å². The molecule has 1 unspecified atom stereocenters. The first-order chi connectivity index (χ1) is 7.97. The number of benzene rings is 1. The van der Waals surface area contributed by atoms with Gasteiger partial charge in [0, 0.05) is 0 Å². The number of aromatic amines is 1. The van der Waals surface area contributed by atoms with Crippen molar-refractivity contribution in [2.24, 2.45) is 0 Å². The van der Waals surface area contributed by atoms with E-state index in [1.165, 1.54) is 6.92 Å². The number of aryl methyl sites for hydroxylation is 1. The molecule has 0 radical (unpaired) electrons. The number of nitrogens with one attached hydrogen (secondary N) is 1. The summed E-state index contributed by atoms with van der Waals surface area (Å²) in [5.41, 5.74) is 0.413. The molecule has 0 aliphatic carbocycles. The number of carboxylic acid groups (broad SMARTS) is 1. The summed E-state index contributed by atoms with van der Waals surface area (Å²) in [6.07, 6.45) is 0. The average Bonchev–Trinajstić information content (AvgIpc) is 2.66. The second-order valence-electron chi connectivity index (χ2n) is 4.10. The summed E-state index contributed by atoms with van der Waals surface area (Å²) in [5.74, 6) is -0.401. The Morgan fingerprint density at radius 2 is 2.29 bits per heavy atom. The molecule has 17 heavy (non-hydrogen) atoms. The number of aromatic nitrogens is 2. The molecule has 2 rings (SSSR count). The van der Waals surface area contributed by atoms with Crippen LogP contribution in [0, 0.1) is 18.3 Å². The van der Waals surface area contributed by atoms with Crippen LogP contribution in [0.1, 0.15) is 18.3 Å². The second-order valence-corrected chi connectivity index (χ2v) is 4.10. The lowest BCUT2D eigenvalue weighted by molar-refractivity contribution is -0.140. The van der Waals surface area contributed by atoms with Crippen LogP contribution >= 0.6 is 0 Å². The zero-order valence-electron chi connectivity index (χ0n) is 9.48. The minimum atomic E-state index is -1.53. The molecule has 1 aromatic carbocycles. The number of nitrogens with zero attached hydrogens (tertiary/aromatic N) is 2. The SMILES string of the molecule is Cc1nc2ccc(C(C)(C#N)C(=O)O)cc2[nH]1. The van der Waals surface area contributed by atoms with Crippen molar-refractivity contribution in [1.29, 1.82) is 5.26 Å². The van der Waals surface area contributed by atoms with Crippen molar-refractivity contribution < 1.29 is 9.90 Å². The van der Waals surface area contributed by atoms with E-state index in [2.05, 4.69) is 9.97 Å². The predicted molar refractivity (Wildman–Crippen MR) is 61.4 cm³/mol. The number of carboxylic acids is 1. The number of hydrogen-bond donors (Lipinski definition) is 2. The van der Waals surface area contributed by atoms with Crippen LogP contribution in [0.15, 0.2) is 18.2 Å². The molecule has 0 saturated carbocycles. The lowest BCUT2D eigenvalue weighted by Gasteiger charge is -2.16. The molecule has 0 aliphatic rings. The molecule has 0 amide bonds. The highest BCUT2D eigenvalue weighted by Gasteiger charge is 2.35. The van der Waals surface area contributed by atoms with Gasteiger partial charge in [-0.15, -0.1) is 0 Å². The van der Waals surface area contributed by atoms with E-state index < -0.39 is 11.4 Å². The summed E-state index contributed by atoms with van der Waals surface area (Å²) in [4.78, 5) is 18.4. The van der Waals surface area contributed by atoms with Crippen molar-refractivity contribution in [2.75, 3.05) is 0 Å². The van der Waals surface area contributed by atoms with Gasteiger partial charge in [-0.3, -0.25) is 4.79 Å². The van der Waals surface area contributed by atoms with Crippen LogP contribution in [0.25, 0.3) is 11.0 Å². The Bertz CT molecular complexity index is 639. The van der Waals surface area contributed by atoms with Crippen LogP contribution in [0.3, 0.4) is 0 Å². The molecule has 0 fully saturated rings. The number of hydrogen-bond acceptors (Lipinski definition) is 3. The van der Waals surface area contributed by atoms with Gasteiger partial charge in [0.25, 0.3) is 0 Å². The van der Waals surface area contributed by atoms with Gasteiger partial charge in [-0.05, 0) is 31.5 Å². The molecule has 0 saturated heterocycles. The number of aliphatic carboxylic acids is 1. The zero-order chi connectivity index (χ0) is 12.6. The molecular formula is C12H11N3O2. The van der Waals surface area contributed by atoms with Gasteiger partial charge < -0.3 is 10.1 Å². The number of fused-ring (bicyclic) bond motifs is 1. The smallest absolute Gasteiger partial charge is 0.328 e. The van der Waals surface area contributed by atoms with Gasteiger partial charge in [-0.25, -0.2) is 4.98 Å². The van der Waals surface area contributed by atoms with Crippen LogP contribution in [0.5, 0.6) is 0 Å². The van der Waals surface area contributed by atoms with E-state index in [4.69, 9.17) is 10.4 Å². The minimum absolute atomic E-state index is 0.448. The first-order valence-corrected chi connectivity index (χ1v) is 5.09. The molecule has 5 heteroatoms. The monoisotopic (exact) mass is 229 g/mol. The van der Waals surface area contributed by atoms with E-state index in [9.17, 15) is 4.79 Å². The summed E-state index contributed by atoms with van der Waals surface area (Å²) < 4.78 is 0. The van der Waals surface area contributed by atoms with Crippen LogP contribution in [0.2, 0.25) is 0 Å². The number of rotatable bonds is 2. The maximum atomic E-state index is 11.1. The topological polar surface area (TPSA) is 89.8 Å². The first-order valence-electron chi connectivity index (χ1n) is 5.09. The van der Waals surface area contributed by atoms with E-state index >= 15 is 0 Å². The van der Waals surface area contributed by atoms with Crippen molar-refractivity contribution in [3.63, 3.8) is 0 Å². The van der Waals surface area contributed by atoms with E-state index in [0.29, 0.717) is 5.56 Å². The van der Waals surface area contributed by atoms with Gasteiger partial charge in [0.2, 0.25) is 0 Å². The molecule has 5 nitrogen and oxygen atoms in total. The van der Waals surface area contributed by atoms with Crippen LogP contribution in [0.4, 0.5) is 0 Å². The van der Waals surface area contributed by atoms with Gasteiger partial charge >= 0.3 is 5.97 Å². The number of carbonyl (C=O) groups is 1. The van der Waals surface area contributed by atoms with Crippen molar-refractivity contribution in [3.8, 4) is 6.07 Å². The number of imidazole rings is 1. The number of H-pyrrole nitrogens is 1. The third-order valence-corrected chi connectivity index (χ3v) is 2.83. The van der Waals surface area contributed by atoms with E-state index in [1.807, 2.05) is 13.0 Å². The van der Waals surface area contributed by atoms with Crippen LogP contribution < -0.4 is 0 Å². The Hall–Kier alpha value is -2.35. The van der Waals surface area contributed by atoms with E-state index in [1.54, 1.807) is 18.2 Å². The normalized spacial score (nSPS) is 14.2. The summed E-state index contributed by atoms with van der Waals surface area (Å²) in [5, 5.41) is 18.1. The molecule has 0 spiro atoms. The summed E-state index contributed by atoms with van der Waals surface area (Å²) in [6, 6.07) is 6.83. The Labute approximate surface area is 97.7 Å². The highest BCUT2D eigenvalue weighted by Crippen LogP contribution is 2.26. The lowest BCUT2D eigenvalue weighted by Crippen LogP contribution is -2.30. The molecule has 0 aliphatic heterocycles. The van der Waals surface area contributed by atoms with Gasteiger partial charge in [0.1, 0.15) is 5.82 Å². The maximum absolute atomic E-state index is 11.1. The summed E-state index contributed by atoms with van der Waals surface area (Å²) in [6.45, 7) is 3.21. The molecule has 2 N–H and O–H groups in total. The Kier molecular flexibility index (Phi) is 2.36. The molecule has 1 aromatic heterocycles. The molecule has 86 valence electrons. The fourth-order valence-electron chi connectivity index (χ4n) is 1.68. The van der Waals surface area contributed by atoms with Crippen LogP contribution in [-0.4, -0.2) is 21.0 Å². The maximum Gasteiger partial charge on any atom is 0.328 e. The predicted octanol–water partition coefficient (Wildman–Crippen LogP) is 1.74. The Balaban J connectivity index is 2.64. The molecular weight excluding hydrogens is 218 g/mol. The first kappa shape index (κ1) is 11.1. The van der Waals surface area contributed by atoms with Crippen LogP contribution in [-0.2, 0) is 10.2 Å². The van der Waals surface area contributed by atoms with Crippen molar-refractivity contribution in [3.05, 3.63) is 29.6 Å². The Morgan fingerprint density at radius 1 is 1.59 bits per heavy atom. The highest BCUT2D eigenvalue weighted by molar-refractivity contribution is 5.87. The molecule has 1 atom stereocenters. The fraction of sp³-hybridized carbons (Fsp3) is 0.250. The van der Waals surface area contributed by atoms with Crippen molar-refractivity contribution >= 4 is 17.0 Å².